The van der Waals surface area contributed by atoms with Crippen LogP contribution in [0.2, 0.25) is 0 Å². The number of hydrogen-bond acceptors (Lipinski definition) is 2. The van der Waals surface area contributed by atoms with Gasteiger partial charge >= 0.3 is 0 Å². The van der Waals surface area contributed by atoms with Gasteiger partial charge in [-0.15, -0.1) is 0 Å². The summed E-state index contributed by atoms with van der Waals surface area (Å²) in [4.78, 5) is 13.3. The van der Waals surface area contributed by atoms with Gasteiger partial charge in [-0.3, -0.25) is 4.79 Å². The van der Waals surface area contributed by atoms with E-state index < -0.39 is 11.4 Å². The molecule has 0 aliphatic carbocycles. The van der Waals surface area contributed by atoms with Crippen molar-refractivity contribution in [2.45, 2.75) is 0 Å². The summed E-state index contributed by atoms with van der Waals surface area (Å²) in [6.45, 7) is 0. The van der Waals surface area contributed by atoms with Crippen molar-refractivity contribution in [1.82, 2.24) is 4.98 Å². The fourth-order valence-electron chi connectivity index (χ4n) is 1.25. The SMILES string of the molecule is O=c1cc(O)c2ccc(Br)c(F)c2[nH]1. The van der Waals surface area contributed by atoms with Crippen LogP contribution >= 0.6 is 15.9 Å². The van der Waals surface area contributed by atoms with Gasteiger partial charge in [0.1, 0.15) is 5.75 Å². The third-order valence-corrected chi connectivity index (χ3v) is 2.50. The fraction of sp³-hybridized carbons (Fsp3) is 0. The van der Waals surface area contributed by atoms with Gasteiger partial charge in [0.25, 0.3) is 5.56 Å². The number of halogens is 2. The van der Waals surface area contributed by atoms with Crippen molar-refractivity contribution in [3.05, 3.63) is 38.8 Å². The van der Waals surface area contributed by atoms with Crippen molar-refractivity contribution in [3.8, 4) is 5.75 Å². The minimum Gasteiger partial charge on any atom is -0.507 e. The molecule has 72 valence electrons. The lowest BCUT2D eigenvalue weighted by Crippen LogP contribution is -2.04. The van der Waals surface area contributed by atoms with Gasteiger partial charge in [0.05, 0.1) is 9.99 Å². The summed E-state index contributed by atoms with van der Waals surface area (Å²) in [5, 5.41) is 9.65. The first kappa shape index (κ1) is 9.21. The van der Waals surface area contributed by atoms with Crippen LogP contribution in [0, 0.1) is 5.82 Å². The van der Waals surface area contributed by atoms with E-state index in [1.807, 2.05) is 0 Å². The van der Waals surface area contributed by atoms with Gasteiger partial charge in [-0.05, 0) is 28.1 Å². The quantitative estimate of drug-likeness (QED) is 0.760. The first-order valence-electron chi connectivity index (χ1n) is 3.79. The molecule has 2 rings (SSSR count). The highest BCUT2D eigenvalue weighted by atomic mass is 79.9. The molecule has 2 aromatic rings. The lowest BCUT2D eigenvalue weighted by molar-refractivity contribution is 0.480. The molecule has 0 bridgehead atoms. The summed E-state index contributed by atoms with van der Waals surface area (Å²) in [7, 11) is 0. The van der Waals surface area contributed by atoms with E-state index in [-0.39, 0.29) is 21.1 Å². The van der Waals surface area contributed by atoms with Crippen LogP contribution in [0.3, 0.4) is 0 Å². The topological polar surface area (TPSA) is 53.1 Å². The number of pyridine rings is 1. The number of H-pyrrole nitrogens is 1. The van der Waals surface area contributed by atoms with E-state index in [4.69, 9.17) is 0 Å². The molecule has 5 heteroatoms. The van der Waals surface area contributed by atoms with Crippen LogP contribution in [0.5, 0.6) is 5.75 Å². The molecule has 0 fully saturated rings. The van der Waals surface area contributed by atoms with Crippen LogP contribution in [-0.2, 0) is 0 Å². The van der Waals surface area contributed by atoms with E-state index in [0.29, 0.717) is 0 Å². The maximum atomic E-state index is 13.4. The summed E-state index contributed by atoms with van der Waals surface area (Å²) in [6.07, 6.45) is 0. The van der Waals surface area contributed by atoms with E-state index >= 15 is 0 Å². The van der Waals surface area contributed by atoms with Crippen LogP contribution in [0.15, 0.2) is 27.5 Å². The van der Waals surface area contributed by atoms with Gasteiger partial charge in [-0.25, -0.2) is 4.39 Å². The normalized spacial score (nSPS) is 10.7. The Labute approximate surface area is 86.3 Å². The average Bonchev–Trinajstić information content (AvgIpc) is 2.12. The Morgan fingerprint density at radius 1 is 1.43 bits per heavy atom. The molecule has 0 aliphatic rings. The highest BCUT2D eigenvalue weighted by Gasteiger charge is 2.09. The number of nitrogens with one attached hydrogen (secondary N) is 1. The number of fused-ring (bicyclic) bond motifs is 1. The van der Waals surface area contributed by atoms with Crippen molar-refractivity contribution in [1.29, 1.82) is 0 Å². The maximum absolute atomic E-state index is 13.4. The van der Waals surface area contributed by atoms with E-state index in [1.54, 1.807) is 0 Å². The second kappa shape index (κ2) is 3.09. The van der Waals surface area contributed by atoms with E-state index in [9.17, 15) is 14.3 Å². The molecule has 0 aliphatic heterocycles. The zero-order chi connectivity index (χ0) is 10.3. The van der Waals surface area contributed by atoms with E-state index in [0.717, 1.165) is 6.07 Å². The lowest BCUT2D eigenvalue weighted by atomic mass is 10.2. The second-order valence-electron chi connectivity index (χ2n) is 2.80. The molecule has 1 aromatic heterocycles. The molecule has 2 N–H and O–H groups in total. The number of hydrogen-bond donors (Lipinski definition) is 2. The highest BCUT2D eigenvalue weighted by Crippen LogP contribution is 2.27. The molecular formula is C9H5BrFNO2. The predicted octanol–water partition coefficient (Wildman–Crippen LogP) is 2.14. The number of aromatic hydroxyl groups is 1. The van der Waals surface area contributed by atoms with Crippen molar-refractivity contribution >= 4 is 26.8 Å². The largest absolute Gasteiger partial charge is 0.507 e. The van der Waals surface area contributed by atoms with Crippen LogP contribution in [0.1, 0.15) is 0 Å². The molecule has 14 heavy (non-hydrogen) atoms. The zero-order valence-electron chi connectivity index (χ0n) is 6.84. The lowest BCUT2D eigenvalue weighted by Gasteiger charge is -2.02. The minimum atomic E-state index is -0.587. The Morgan fingerprint density at radius 2 is 2.14 bits per heavy atom. The fourth-order valence-corrected chi connectivity index (χ4v) is 1.58. The molecule has 0 unspecified atom stereocenters. The number of aromatic nitrogens is 1. The average molecular weight is 258 g/mol. The van der Waals surface area contributed by atoms with Crippen molar-refractivity contribution in [3.63, 3.8) is 0 Å². The molecule has 1 heterocycles. The second-order valence-corrected chi connectivity index (χ2v) is 3.66. The van der Waals surface area contributed by atoms with E-state index in [1.165, 1.54) is 12.1 Å². The Balaban J connectivity index is 3.02. The van der Waals surface area contributed by atoms with Gasteiger partial charge in [0.15, 0.2) is 5.82 Å². The molecule has 3 nitrogen and oxygen atoms in total. The maximum Gasteiger partial charge on any atom is 0.252 e. The Hall–Kier alpha value is -1.36. The Bertz CT molecular complexity index is 564. The third kappa shape index (κ3) is 1.29. The molecule has 0 atom stereocenters. The Morgan fingerprint density at radius 3 is 2.86 bits per heavy atom. The number of aromatic amines is 1. The first-order chi connectivity index (χ1) is 6.59. The van der Waals surface area contributed by atoms with Gasteiger partial charge in [-0.2, -0.15) is 0 Å². The van der Waals surface area contributed by atoms with Crippen molar-refractivity contribution < 1.29 is 9.50 Å². The molecule has 1 aromatic carbocycles. The van der Waals surface area contributed by atoms with Gasteiger partial charge in [0.2, 0.25) is 0 Å². The molecular weight excluding hydrogens is 253 g/mol. The van der Waals surface area contributed by atoms with Crippen LogP contribution in [0.4, 0.5) is 4.39 Å². The van der Waals surface area contributed by atoms with Gasteiger partial charge in [0, 0.05) is 11.5 Å². The van der Waals surface area contributed by atoms with Crippen LogP contribution < -0.4 is 5.56 Å². The molecule has 0 amide bonds. The summed E-state index contributed by atoms with van der Waals surface area (Å²) in [6, 6.07) is 4.00. The summed E-state index contributed by atoms with van der Waals surface area (Å²) >= 11 is 2.99. The summed E-state index contributed by atoms with van der Waals surface area (Å²) in [5.74, 6) is -0.814. The predicted molar refractivity (Wildman–Crippen MR) is 53.9 cm³/mol. The first-order valence-corrected chi connectivity index (χ1v) is 4.59. The summed E-state index contributed by atoms with van der Waals surface area (Å²) in [5.41, 5.74) is -0.531. The molecule has 0 spiro atoms. The zero-order valence-corrected chi connectivity index (χ0v) is 8.43. The van der Waals surface area contributed by atoms with Gasteiger partial charge in [-0.1, -0.05) is 0 Å². The third-order valence-electron chi connectivity index (χ3n) is 1.89. The smallest absolute Gasteiger partial charge is 0.252 e. The van der Waals surface area contributed by atoms with Crippen molar-refractivity contribution in [2.24, 2.45) is 0 Å². The standard InChI is InChI=1S/C9H5BrFNO2/c10-5-2-1-4-6(13)3-7(14)12-9(4)8(5)11/h1-3H,(H2,12,13,14). The van der Waals surface area contributed by atoms with Crippen LogP contribution in [-0.4, -0.2) is 10.1 Å². The minimum absolute atomic E-state index is 0.00405. The molecule has 0 radical (unpaired) electrons. The highest BCUT2D eigenvalue weighted by molar-refractivity contribution is 9.10. The Kier molecular flexibility index (Phi) is 2.03. The number of rotatable bonds is 0. The monoisotopic (exact) mass is 257 g/mol. The summed E-state index contributed by atoms with van der Waals surface area (Å²) < 4.78 is 13.7. The van der Waals surface area contributed by atoms with Crippen LogP contribution in [0.25, 0.3) is 10.9 Å². The molecule has 0 saturated heterocycles. The van der Waals surface area contributed by atoms with Crippen molar-refractivity contribution in [2.75, 3.05) is 0 Å². The van der Waals surface area contributed by atoms with E-state index in [2.05, 4.69) is 20.9 Å². The molecule has 0 saturated carbocycles. The number of benzene rings is 1. The van der Waals surface area contributed by atoms with Gasteiger partial charge < -0.3 is 10.1 Å².